The fraction of sp³-hybridized carbons (Fsp3) is 0.273. The largest absolute Gasteiger partial charge is 0.497 e. The number of carbonyl (C=O) groups excluding carboxylic acids is 1. The van der Waals surface area contributed by atoms with E-state index in [-0.39, 0.29) is 17.9 Å². The summed E-state index contributed by atoms with van der Waals surface area (Å²) in [4.78, 5) is 28.4. The van der Waals surface area contributed by atoms with Gasteiger partial charge in [0.25, 0.3) is 5.56 Å². The molecule has 0 radical (unpaired) electrons. The van der Waals surface area contributed by atoms with E-state index in [1.54, 1.807) is 19.5 Å². The number of methoxy groups -OCH3 is 2. The quantitative estimate of drug-likeness (QED) is 0.584. The molecule has 3 aromatic rings. The van der Waals surface area contributed by atoms with Crippen molar-refractivity contribution in [2.45, 2.75) is 25.9 Å². The highest BCUT2D eigenvalue weighted by atomic mass is 16.5. The van der Waals surface area contributed by atoms with E-state index < -0.39 is 0 Å². The van der Waals surface area contributed by atoms with Gasteiger partial charge in [-0.05, 0) is 42.3 Å². The van der Waals surface area contributed by atoms with E-state index in [0.717, 1.165) is 16.9 Å². The summed E-state index contributed by atoms with van der Waals surface area (Å²) in [5, 5.41) is 7.31. The molecule has 0 fully saturated rings. The van der Waals surface area contributed by atoms with Crippen molar-refractivity contribution in [1.29, 1.82) is 0 Å². The van der Waals surface area contributed by atoms with E-state index in [2.05, 4.69) is 15.4 Å². The van der Waals surface area contributed by atoms with Gasteiger partial charge in [-0.1, -0.05) is 6.07 Å². The number of nitrogens with one attached hydrogen (secondary N) is 1. The summed E-state index contributed by atoms with van der Waals surface area (Å²) in [5.41, 5.74) is 2.01. The van der Waals surface area contributed by atoms with Gasteiger partial charge in [0.05, 0.1) is 14.2 Å². The Morgan fingerprint density at radius 1 is 1.13 bits per heavy atom. The Kier molecular flexibility index (Phi) is 7.15. The van der Waals surface area contributed by atoms with Crippen molar-refractivity contribution in [2.75, 3.05) is 14.2 Å². The highest BCUT2D eigenvalue weighted by Crippen LogP contribution is 2.27. The van der Waals surface area contributed by atoms with Gasteiger partial charge in [0.1, 0.15) is 11.4 Å². The topological polar surface area (TPSA) is 95.3 Å². The number of carbonyl (C=O) groups is 1. The third-order valence-electron chi connectivity index (χ3n) is 4.53. The van der Waals surface area contributed by atoms with Crippen LogP contribution in [0.15, 0.2) is 59.7 Å². The molecule has 0 aliphatic heterocycles. The SMILES string of the molecule is COc1ccc(-c2nn(CCCC(=O)NCc3cccnc3)c(=O)cc2OC)cc1. The molecule has 30 heavy (non-hydrogen) atoms. The molecule has 0 aliphatic rings. The number of nitrogens with zero attached hydrogens (tertiary/aromatic N) is 3. The smallest absolute Gasteiger partial charge is 0.270 e. The summed E-state index contributed by atoms with van der Waals surface area (Å²) in [6.07, 6.45) is 4.17. The molecule has 0 saturated carbocycles. The maximum absolute atomic E-state index is 12.4. The summed E-state index contributed by atoms with van der Waals surface area (Å²) in [5.74, 6) is 1.04. The maximum Gasteiger partial charge on any atom is 0.270 e. The highest BCUT2D eigenvalue weighted by Gasteiger charge is 2.12. The van der Waals surface area contributed by atoms with Crippen molar-refractivity contribution in [1.82, 2.24) is 20.1 Å². The average Bonchev–Trinajstić information content (AvgIpc) is 2.79. The van der Waals surface area contributed by atoms with Gasteiger partial charge in [0, 0.05) is 43.5 Å². The number of aromatic nitrogens is 3. The number of benzene rings is 1. The fourth-order valence-corrected chi connectivity index (χ4v) is 2.92. The molecule has 1 amide bonds. The number of pyridine rings is 1. The molecule has 0 saturated heterocycles. The number of amides is 1. The lowest BCUT2D eigenvalue weighted by molar-refractivity contribution is -0.121. The standard InChI is InChI=1S/C22H24N4O4/c1-29-18-9-7-17(8-10-18)22-19(30-2)13-21(28)26(25-22)12-4-6-20(27)24-15-16-5-3-11-23-14-16/h3,5,7-11,13-14H,4,6,12,15H2,1-2H3,(H,24,27). The van der Waals surface area contributed by atoms with Crippen molar-refractivity contribution in [3.63, 3.8) is 0 Å². The summed E-state index contributed by atoms with van der Waals surface area (Å²) in [6, 6.07) is 12.5. The highest BCUT2D eigenvalue weighted by molar-refractivity contribution is 5.75. The maximum atomic E-state index is 12.4. The molecule has 1 N–H and O–H groups in total. The monoisotopic (exact) mass is 408 g/mol. The van der Waals surface area contributed by atoms with E-state index >= 15 is 0 Å². The molecule has 0 bridgehead atoms. The molecule has 1 aromatic carbocycles. The van der Waals surface area contributed by atoms with Crippen LogP contribution in [-0.4, -0.2) is 34.9 Å². The molecule has 2 heterocycles. The van der Waals surface area contributed by atoms with Gasteiger partial charge >= 0.3 is 0 Å². The second-order valence-electron chi connectivity index (χ2n) is 6.59. The molecule has 3 rings (SSSR count). The van der Waals surface area contributed by atoms with Gasteiger partial charge in [-0.25, -0.2) is 4.68 Å². The Balaban J connectivity index is 1.64. The van der Waals surface area contributed by atoms with Crippen LogP contribution in [0.2, 0.25) is 0 Å². The zero-order valence-corrected chi connectivity index (χ0v) is 17.0. The molecule has 0 spiro atoms. The van der Waals surface area contributed by atoms with Gasteiger partial charge in [-0.3, -0.25) is 14.6 Å². The van der Waals surface area contributed by atoms with Crippen LogP contribution in [0.3, 0.4) is 0 Å². The zero-order valence-electron chi connectivity index (χ0n) is 17.0. The average molecular weight is 408 g/mol. The third kappa shape index (κ3) is 5.44. The first-order valence-electron chi connectivity index (χ1n) is 9.57. The Bertz CT molecular complexity index is 1030. The number of hydrogen-bond acceptors (Lipinski definition) is 6. The number of aryl methyl sites for hydroxylation is 1. The summed E-state index contributed by atoms with van der Waals surface area (Å²) < 4.78 is 11.9. The van der Waals surface area contributed by atoms with E-state index in [1.165, 1.54) is 17.9 Å². The minimum atomic E-state index is -0.278. The van der Waals surface area contributed by atoms with Crippen LogP contribution in [0.25, 0.3) is 11.3 Å². The van der Waals surface area contributed by atoms with Crippen LogP contribution in [-0.2, 0) is 17.9 Å². The van der Waals surface area contributed by atoms with Crippen molar-refractivity contribution < 1.29 is 14.3 Å². The lowest BCUT2D eigenvalue weighted by Crippen LogP contribution is -2.26. The summed E-state index contributed by atoms with van der Waals surface area (Å²) in [7, 11) is 3.10. The van der Waals surface area contributed by atoms with Crippen LogP contribution in [0.1, 0.15) is 18.4 Å². The molecule has 0 unspecified atom stereocenters. The molecule has 0 aliphatic carbocycles. The van der Waals surface area contributed by atoms with E-state index in [4.69, 9.17) is 9.47 Å². The predicted molar refractivity (Wildman–Crippen MR) is 112 cm³/mol. The number of rotatable bonds is 9. The van der Waals surface area contributed by atoms with Crippen LogP contribution < -0.4 is 20.3 Å². The Morgan fingerprint density at radius 3 is 2.60 bits per heavy atom. The molecule has 2 aromatic heterocycles. The lowest BCUT2D eigenvalue weighted by Gasteiger charge is -2.12. The third-order valence-corrected chi connectivity index (χ3v) is 4.53. The van der Waals surface area contributed by atoms with Gasteiger partial charge < -0.3 is 14.8 Å². The summed E-state index contributed by atoms with van der Waals surface area (Å²) in [6.45, 7) is 0.751. The molecule has 8 heteroatoms. The first-order chi connectivity index (χ1) is 14.6. The molecule has 8 nitrogen and oxygen atoms in total. The Hall–Kier alpha value is -3.68. The Morgan fingerprint density at radius 2 is 1.93 bits per heavy atom. The van der Waals surface area contributed by atoms with Crippen LogP contribution in [0, 0.1) is 0 Å². The first-order valence-corrected chi connectivity index (χ1v) is 9.57. The van der Waals surface area contributed by atoms with Crippen LogP contribution in [0.4, 0.5) is 0 Å². The van der Waals surface area contributed by atoms with E-state index in [0.29, 0.717) is 31.0 Å². The van der Waals surface area contributed by atoms with Crippen LogP contribution in [0.5, 0.6) is 11.5 Å². The zero-order chi connectivity index (χ0) is 21.3. The minimum Gasteiger partial charge on any atom is -0.497 e. The number of hydrogen-bond donors (Lipinski definition) is 1. The second-order valence-corrected chi connectivity index (χ2v) is 6.59. The first kappa shape index (κ1) is 21.0. The second kappa shape index (κ2) is 10.2. The van der Waals surface area contributed by atoms with Crippen molar-refractivity contribution >= 4 is 5.91 Å². The van der Waals surface area contributed by atoms with Gasteiger partial charge in [-0.15, -0.1) is 0 Å². The lowest BCUT2D eigenvalue weighted by atomic mass is 10.1. The van der Waals surface area contributed by atoms with Crippen molar-refractivity contribution in [3.05, 3.63) is 70.8 Å². The minimum absolute atomic E-state index is 0.0872. The van der Waals surface area contributed by atoms with Gasteiger partial charge in [0.15, 0.2) is 5.75 Å². The molecule has 156 valence electrons. The Labute approximate surface area is 174 Å². The van der Waals surface area contributed by atoms with Crippen molar-refractivity contribution in [3.8, 4) is 22.8 Å². The molecular formula is C22H24N4O4. The van der Waals surface area contributed by atoms with E-state index in [1.807, 2.05) is 36.4 Å². The van der Waals surface area contributed by atoms with Gasteiger partial charge in [0.2, 0.25) is 5.91 Å². The number of ether oxygens (including phenoxy) is 2. The van der Waals surface area contributed by atoms with Crippen molar-refractivity contribution in [2.24, 2.45) is 0 Å². The fourth-order valence-electron chi connectivity index (χ4n) is 2.92. The molecular weight excluding hydrogens is 384 g/mol. The summed E-state index contributed by atoms with van der Waals surface area (Å²) >= 11 is 0. The van der Waals surface area contributed by atoms with Gasteiger partial charge in [-0.2, -0.15) is 5.10 Å². The predicted octanol–water partition coefficient (Wildman–Crippen LogP) is 2.42. The normalized spacial score (nSPS) is 10.5. The van der Waals surface area contributed by atoms with Crippen LogP contribution >= 0.6 is 0 Å². The molecule has 0 atom stereocenters. The van der Waals surface area contributed by atoms with E-state index in [9.17, 15) is 9.59 Å².